The summed E-state index contributed by atoms with van der Waals surface area (Å²) in [6.45, 7) is 1.86. The predicted molar refractivity (Wildman–Crippen MR) is 60.9 cm³/mol. The van der Waals surface area contributed by atoms with Crippen LogP contribution in [-0.2, 0) is 0 Å². The zero-order chi connectivity index (χ0) is 10.7. The topological polar surface area (TPSA) is 56.8 Å². The minimum Gasteiger partial charge on any atom is -0.368 e. The van der Waals surface area contributed by atoms with Crippen molar-refractivity contribution in [1.29, 1.82) is 0 Å². The second-order valence-electron chi connectivity index (χ2n) is 3.69. The molecule has 80 valence electrons. The molecule has 0 saturated carbocycles. The van der Waals surface area contributed by atoms with E-state index in [0.717, 1.165) is 29.9 Å². The Kier molecular flexibility index (Phi) is 2.82. The van der Waals surface area contributed by atoms with Gasteiger partial charge in [0.1, 0.15) is 17.8 Å². The number of anilines is 1. The van der Waals surface area contributed by atoms with Gasteiger partial charge in [0.2, 0.25) is 0 Å². The van der Waals surface area contributed by atoms with Gasteiger partial charge >= 0.3 is 0 Å². The first-order valence-corrected chi connectivity index (χ1v) is 4.94. The molecule has 2 heterocycles. The van der Waals surface area contributed by atoms with Gasteiger partial charge in [0.25, 0.3) is 0 Å². The number of fused-ring (bicyclic) bond motifs is 1. The molecule has 0 aliphatic rings. The summed E-state index contributed by atoms with van der Waals surface area (Å²) in [7, 11) is 4.10. The smallest absolute Gasteiger partial charge is 0.142 e. The Morgan fingerprint density at radius 2 is 2.27 bits per heavy atom. The lowest BCUT2D eigenvalue weighted by Gasteiger charge is -2.10. The van der Waals surface area contributed by atoms with Crippen LogP contribution in [0.4, 0.5) is 5.82 Å². The molecule has 5 heteroatoms. The SMILES string of the molecule is CN(C)CCNc1ncnc2[nH]ccc12. The number of rotatable bonds is 4. The van der Waals surface area contributed by atoms with Gasteiger partial charge in [-0.2, -0.15) is 0 Å². The molecule has 0 aromatic carbocycles. The molecular weight excluding hydrogens is 190 g/mol. The first-order chi connectivity index (χ1) is 7.27. The fourth-order valence-electron chi connectivity index (χ4n) is 1.41. The van der Waals surface area contributed by atoms with E-state index in [0.29, 0.717) is 0 Å². The number of nitrogens with one attached hydrogen (secondary N) is 2. The molecule has 0 atom stereocenters. The molecule has 0 unspecified atom stereocenters. The monoisotopic (exact) mass is 205 g/mol. The van der Waals surface area contributed by atoms with Crippen LogP contribution in [0.1, 0.15) is 0 Å². The van der Waals surface area contributed by atoms with Gasteiger partial charge in [-0.1, -0.05) is 0 Å². The molecule has 2 aromatic rings. The molecule has 2 rings (SSSR count). The summed E-state index contributed by atoms with van der Waals surface area (Å²) >= 11 is 0. The number of aromatic nitrogens is 3. The summed E-state index contributed by atoms with van der Waals surface area (Å²) in [5, 5.41) is 4.33. The molecule has 0 aliphatic carbocycles. The Bertz CT molecular complexity index is 434. The number of aromatic amines is 1. The number of nitrogens with zero attached hydrogens (tertiary/aromatic N) is 3. The average Bonchev–Trinajstić information content (AvgIpc) is 2.65. The molecule has 0 bridgehead atoms. The van der Waals surface area contributed by atoms with Crippen LogP contribution < -0.4 is 5.32 Å². The molecule has 15 heavy (non-hydrogen) atoms. The zero-order valence-electron chi connectivity index (χ0n) is 8.99. The first kappa shape index (κ1) is 9.92. The van der Waals surface area contributed by atoms with Crippen LogP contribution >= 0.6 is 0 Å². The van der Waals surface area contributed by atoms with E-state index < -0.39 is 0 Å². The lowest BCUT2D eigenvalue weighted by atomic mass is 10.4. The van der Waals surface area contributed by atoms with Gasteiger partial charge in [0, 0.05) is 19.3 Å². The van der Waals surface area contributed by atoms with Crippen molar-refractivity contribution in [3.05, 3.63) is 18.6 Å². The molecule has 2 aromatic heterocycles. The summed E-state index contributed by atoms with van der Waals surface area (Å²) in [4.78, 5) is 13.5. The van der Waals surface area contributed by atoms with Crippen LogP contribution in [0.3, 0.4) is 0 Å². The van der Waals surface area contributed by atoms with Crippen molar-refractivity contribution >= 4 is 16.9 Å². The van der Waals surface area contributed by atoms with Crippen LogP contribution in [0.2, 0.25) is 0 Å². The van der Waals surface area contributed by atoms with Gasteiger partial charge in [-0.3, -0.25) is 0 Å². The second kappa shape index (κ2) is 4.27. The van der Waals surface area contributed by atoms with E-state index in [1.165, 1.54) is 0 Å². The number of likely N-dealkylation sites (N-methyl/N-ethyl adjacent to an activating group) is 1. The van der Waals surface area contributed by atoms with Crippen molar-refractivity contribution in [2.24, 2.45) is 0 Å². The van der Waals surface area contributed by atoms with Crippen LogP contribution in [0.15, 0.2) is 18.6 Å². The summed E-state index contributed by atoms with van der Waals surface area (Å²) in [5.74, 6) is 0.892. The first-order valence-electron chi connectivity index (χ1n) is 4.94. The van der Waals surface area contributed by atoms with Crippen LogP contribution in [-0.4, -0.2) is 47.0 Å². The third-order valence-corrected chi connectivity index (χ3v) is 2.21. The lowest BCUT2D eigenvalue weighted by molar-refractivity contribution is 0.425. The Morgan fingerprint density at radius 3 is 3.07 bits per heavy atom. The minimum absolute atomic E-state index is 0.873. The zero-order valence-corrected chi connectivity index (χ0v) is 8.99. The van der Waals surface area contributed by atoms with Gasteiger partial charge < -0.3 is 15.2 Å². The maximum atomic E-state index is 4.22. The van der Waals surface area contributed by atoms with Gasteiger partial charge in [-0.25, -0.2) is 9.97 Å². The highest BCUT2D eigenvalue weighted by atomic mass is 15.1. The van der Waals surface area contributed by atoms with E-state index in [4.69, 9.17) is 0 Å². The molecule has 0 amide bonds. The molecule has 0 saturated heterocycles. The Labute approximate surface area is 88.5 Å². The van der Waals surface area contributed by atoms with Crippen LogP contribution in [0, 0.1) is 0 Å². The Morgan fingerprint density at radius 1 is 1.40 bits per heavy atom. The van der Waals surface area contributed by atoms with Crippen molar-refractivity contribution in [3.8, 4) is 0 Å². The fourth-order valence-corrected chi connectivity index (χ4v) is 1.41. The quantitative estimate of drug-likeness (QED) is 0.779. The molecular formula is C10H15N5. The third-order valence-electron chi connectivity index (χ3n) is 2.21. The van der Waals surface area contributed by atoms with Crippen molar-refractivity contribution in [2.75, 3.05) is 32.5 Å². The van der Waals surface area contributed by atoms with Crippen molar-refractivity contribution < 1.29 is 0 Å². The number of hydrogen-bond donors (Lipinski definition) is 2. The van der Waals surface area contributed by atoms with Crippen molar-refractivity contribution in [3.63, 3.8) is 0 Å². The molecule has 0 aliphatic heterocycles. The summed E-state index contributed by atoms with van der Waals surface area (Å²) in [5.41, 5.74) is 0.873. The van der Waals surface area contributed by atoms with Crippen LogP contribution in [0.25, 0.3) is 11.0 Å². The van der Waals surface area contributed by atoms with Gasteiger partial charge in [-0.05, 0) is 20.2 Å². The fraction of sp³-hybridized carbons (Fsp3) is 0.400. The third kappa shape index (κ3) is 2.24. The predicted octanol–water partition coefficient (Wildman–Crippen LogP) is 0.931. The van der Waals surface area contributed by atoms with E-state index in [1.807, 2.05) is 26.4 Å². The van der Waals surface area contributed by atoms with E-state index in [-0.39, 0.29) is 0 Å². The Hall–Kier alpha value is -1.62. The average molecular weight is 205 g/mol. The highest BCUT2D eigenvalue weighted by molar-refractivity contribution is 5.86. The van der Waals surface area contributed by atoms with Crippen molar-refractivity contribution in [2.45, 2.75) is 0 Å². The molecule has 0 fully saturated rings. The molecule has 0 radical (unpaired) electrons. The number of H-pyrrole nitrogens is 1. The summed E-state index contributed by atoms with van der Waals surface area (Å²) in [6, 6.07) is 1.98. The highest BCUT2D eigenvalue weighted by Crippen LogP contribution is 2.16. The van der Waals surface area contributed by atoms with Crippen LogP contribution in [0.5, 0.6) is 0 Å². The molecule has 5 nitrogen and oxygen atoms in total. The summed E-state index contributed by atoms with van der Waals surface area (Å²) < 4.78 is 0. The maximum Gasteiger partial charge on any atom is 0.142 e. The van der Waals surface area contributed by atoms with Gasteiger partial charge in [-0.15, -0.1) is 0 Å². The van der Waals surface area contributed by atoms with Crippen molar-refractivity contribution in [1.82, 2.24) is 19.9 Å². The van der Waals surface area contributed by atoms with E-state index in [2.05, 4.69) is 25.2 Å². The van der Waals surface area contributed by atoms with E-state index in [1.54, 1.807) is 6.33 Å². The summed E-state index contributed by atoms with van der Waals surface area (Å²) in [6.07, 6.45) is 3.44. The van der Waals surface area contributed by atoms with Gasteiger partial charge in [0.15, 0.2) is 0 Å². The normalized spacial score (nSPS) is 11.1. The van der Waals surface area contributed by atoms with Gasteiger partial charge in [0.05, 0.1) is 5.39 Å². The Balaban J connectivity index is 2.10. The minimum atomic E-state index is 0.873. The van der Waals surface area contributed by atoms with E-state index in [9.17, 15) is 0 Å². The highest BCUT2D eigenvalue weighted by Gasteiger charge is 2.02. The lowest BCUT2D eigenvalue weighted by Crippen LogP contribution is -2.21. The molecule has 0 spiro atoms. The number of hydrogen-bond acceptors (Lipinski definition) is 4. The van der Waals surface area contributed by atoms with E-state index >= 15 is 0 Å². The maximum absolute atomic E-state index is 4.22. The standard InChI is InChI=1S/C10H15N5/c1-15(2)6-5-12-10-8-3-4-11-9(8)13-7-14-10/h3-4,7H,5-6H2,1-2H3,(H2,11,12,13,14). The largest absolute Gasteiger partial charge is 0.368 e. The molecule has 2 N–H and O–H groups in total. The second-order valence-corrected chi connectivity index (χ2v) is 3.69.